The SMILES string of the molecule is COc1ccc(CNCCC(C)CN)cc1F. The van der Waals surface area contributed by atoms with Crippen molar-refractivity contribution in [3.05, 3.63) is 29.6 Å². The van der Waals surface area contributed by atoms with Gasteiger partial charge in [0.15, 0.2) is 11.6 Å². The Hall–Kier alpha value is -1.13. The molecule has 4 heteroatoms. The van der Waals surface area contributed by atoms with Crippen LogP contribution in [0.5, 0.6) is 5.75 Å². The van der Waals surface area contributed by atoms with Gasteiger partial charge >= 0.3 is 0 Å². The van der Waals surface area contributed by atoms with Gasteiger partial charge in [-0.05, 0) is 43.1 Å². The van der Waals surface area contributed by atoms with Gasteiger partial charge in [0, 0.05) is 6.54 Å². The number of hydrogen-bond acceptors (Lipinski definition) is 3. The first kappa shape index (κ1) is 13.9. The summed E-state index contributed by atoms with van der Waals surface area (Å²) in [4.78, 5) is 0. The second kappa shape index (κ2) is 7.25. The Kier molecular flexibility index (Phi) is 5.94. The summed E-state index contributed by atoms with van der Waals surface area (Å²) in [5.74, 6) is 0.489. The lowest BCUT2D eigenvalue weighted by Crippen LogP contribution is -2.20. The molecule has 1 aromatic rings. The zero-order chi connectivity index (χ0) is 12.7. The van der Waals surface area contributed by atoms with Crippen LogP contribution in [0.1, 0.15) is 18.9 Å². The van der Waals surface area contributed by atoms with Crippen LogP contribution in [0.3, 0.4) is 0 Å². The summed E-state index contributed by atoms with van der Waals surface area (Å²) in [6.07, 6.45) is 1.04. The van der Waals surface area contributed by atoms with E-state index in [4.69, 9.17) is 10.5 Å². The van der Waals surface area contributed by atoms with Crippen molar-refractivity contribution in [2.45, 2.75) is 19.9 Å². The van der Waals surface area contributed by atoms with E-state index >= 15 is 0 Å². The van der Waals surface area contributed by atoms with Crippen molar-refractivity contribution in [1.29, 1.82) is 0 Å². The van der Waals surface area contributed by atoms with Gasteiger partial charge in [-0.2, -0.15) is 0 Å². The monoisotopic (exact) mass is 240 g/mol. The highest BCUT2D eigenvalue weighted by Crippen LogP contribution is 2.17. The maximum atomic E-state index is 13.4. The number of nitrogens with one attached hydrogen (secondary N) is 1. The third kappa shape index (κ3) is 4.71. The lowest BCUT2D eigenvalue weighted by atomic mass is 10.1. The molecule has 0 aromatic heterocycles. The van der Waals surface area contributed by atoms with Crippen LogP contribution in [0.15, 0.2) is 18.2 Å². The summed E-state index contributed by atoms with van der Waals surface area (Å²) in [5.41, 5.74) is 6.45. The number of halogens is 1. The molecular formula is C13H21FN2O. The summed E-state index contributed by atoms with van der Waals surface area (Å²) >= 11 is 0. The minimum absolute atomic E-state index is 0.283. The predicted octanol–water partition coefficient (Wildman–Crippen LogP) is 1.91. The van der Waals surface area contributed by atoms with Crippen molar-refractivity contribution in [3.8, 4) is 5.75 Å². The molecule has 0 saturated carbocycles. The highest BCUT2D eigenvalue weighted by molar-refractivity contribution is 5.29. The molecule has 17 heavy (non-hydrogen) atoms. The molecule has 0 aliphatic rings. The molecule has 0 aliphatic heterocycles. The molecule has 0 radical (unpaired) electrons. The summed E-state index contributed by atoms with van der Waals surface area (Å²) in [6, 6.07) is 5.01. The molecule has 0 spiro atoms. The Morgan fingerprint density at radius 2 is 2.24 bits per heavy atom. The van der Waals surface area contributed by atoms with E-state index < -0.39 is 0 Å². The Labute approximate surface area is 102 Å². The highest BCUT2D eigenvalue weighted by Gasteiger charge is 2.03. The smallest absolute Gasteiger partial charge is 0.165 e. The Morgan fingerprint density at radius 1 is 1.47 bits per heavy atom. The molecule has 0 bridgehead atoms. The van der Waals surface area contributed by atoms with Crippen molar-refractivity contribution in [2.24, 2.45) is 11.7 Å². The van der Waals surface area contributed by atoms with E-state index in [0.717, 1.165) is 18.5 Å². The first-order valence-electron chi connectivity index (χ1n) is 5.90. The number of rotatable bonds is 7. The summed E-state index contributed by atoms with van der Waals surface area (Å²) in [7, 11) is 1.46. The fraction of sp³-hybridized carbons (Fsp3) is 0.538. The van der Waals surface area contributed by atoms with Crippen LogP contribution in [0, 0.1) is 11.7 Å². The van der Waals surface area contributed by atoms with Gasteiger partial charge in [0.1, 0.15) is 0 Å². The minimum atomic E-state index is -0.317. The number of hydrogen-bond donors (Lipinski definition) is 2. The lowest BCUT2D eigenvalue weighted by molar-refractivity contribution is 0.386. The van der Waals surface area contributed by atoms with E-state index in [1.54, 1.807) is 6.07 Å². The third-order valence-corrected chi connectivity index (χ3v) is 2.76. The van der Waals surface area contributed by atoms with Gasteiger partial charge in [-0.1, -0.05) is 13.0 Å². The first-order chi connectivity index (χ1) is 8.17. The van der Waals surface area contributed by atoms with E-state index in [-0.39, 0.29) is 11.6 Å². The van der Waals surface area contributed by atoms with Crippen LogP contribution in [-0.4, -0.2) is 20.2 Å². The van der Waals surface area contributed by atoms with Crippen LogP contribution in [0.4, 0.5) is 4.39 Å². The van der Waals surface area contributed by atoms with Crippen LogP contribution < -0.4 is 15.8 Å². The second-order valence-electron chi connectivity index (χ2n) is 4.28. The van der Waals surface area contributed by atoms with Crippen LogP contribution >= 0.6 is 0 Å². The fourth-order valence-corrected chi connectivity index (χ4v) is 1.52. The van der Waals surface area contributed by atoms with Gasteiger partial charge in [0.25, 0.3) is 0 Å². The van der Waals surface area contributed by atoms with Gasteiger partial charge in [0.2, 0.25) is 0 Å². The van der Waals surface area contributed by atoms with Crippen molar-refractivity contribution >= 4 is 0 Å². The summed E-state index contributed by atoms with van der Waals surface area (Å²) in [5, 5.41) is 3.27. The third-order valence-electron chi connectivity index (χ3n) is 2.76. The summed E-state index contributed by atoms with van der Waals surface area (Å²) in [6.45, 7) is 4.39. The summed E-state index contributed by atoms with van der Waals surface area (Å²) < 4.78 is 18.2. The molecule has 0 aliphatic carbocycles. The average molecular weight is 240 g/mol. The second-order valence-corrected chi connectivity index (χ2v) is 4.28. The van der Waals surface area contributed by atoms with E-state index in [1.807, 2.05) is 6.07 Å². The van der Waals surface area contributed by atoms with Gasteiger partial charge in [0.05, 0.1) is 7.11 Å². The number of nitrogens with two attached hydrogens (primary N) is 1. The fourth-order valence-electron chi connectivity index (χ4n) is 1.52. The van der Waals surface area contributed by atoms with E-state index in [2.05, 4.69) is 12.2 Å². The van der Waals surface area contributed by atoms with Crippen molar-refractivity contribution in [3.63, 3.8) is 0 Å². The standard InChI is InChI=1S/C13H21FN2O/c1-10(8-15)5-6-16-9-11-3-4-13(17-2)12(14)7-11/h3-4,7,10,16H,5-6,8-9,15H2,1-2H3. The zero-order valence-electron chi connectivity index (χ0n) is 10.5. The normalized spacial score (nSPS) is 12.5. The zero-order valence-corrected chi connectivity index (χ0v) is 10.5. The quantitative estimate of drug-likeness (QED) is 0.716. The molecule has 0 saturated heterocycles. The number of benzene rings is 1. The van der Waals surface area contributed by atoms with E-state index in [9.17, 15) is 4.39 Å². The number of methoxy groups -OCH3 is 1. The van der Waals surface area contributed by atoms with Gasteiger partial charge < -0.3 is 15.8 Å². The molecule has 1 rings (SSSR count). The van der Waals surface area contributed by atoms with E-state index in [1.165, 1.54) is 13.2 Å². The Balaban J connectivity index is 2.34. The molecule has 3 N–H and O–H groups in total. The first-order valence-corrected chi connectivity index (χ1v) is 5.90. The Bertz CT molecular complexity index is 344. The van der Waals surface area contributed by atoms with Crippen molar-refractivity contribution < 1.29 is 9.13 Å². The van der Waals surface area contributed by atoms with Crippen LogP contribution in [-0.2, 0) is 6.54 Å². The van der Waals surface area contributed by atoms with Crippen LogP contribution in [0.25, 0.3) is 0 Å². The molecule has 96 valence electrons. The lowest BCUT2D eigenvalue weighted by Gasteiger charge is -2.10. The van der Waals surface area contributed by atoms with Gasteiger partial charge in [-0.3, -0.25) is 0 Å². The van der Waals surface area contributed by atoms with Crippen LogP contribution in [0.2, 0.25) is 0 Å². The highest BCUT2D eigenvalue weighted by atomic mass is 19.1. The topological polar surface area (TPSA) is 47.3 Å². The molecule has 1 unspecified atom stereocenters. The molecule has 0 amide bonds. The van der Waals surface area contributed by atoms with E-state index in [0.29, 0.717) is 19.0 Å². The van der Waals surface area contributed by atoms with Crippen molar-refractivity contribution in [1.82, 2.24) is 5.32 Å². The predicted molar refractivity (Wildman–Crippen MR) is 67.5 cm³/mol. The average Bonchev–Trinajstić information content (AvgIpc) is 2.34. The van der Waals surface area contributed by atoms with Gasteiger partial charge in [-0.15, -0.1) is 0 Å². The van der Waals surface area contributed by atoms with Crippen molar-refractivity contribution in [2.75, 3.05) is 20.2 Å². The van der Waals surface area contributed by atoms with Gasteiger partial charge in [-0.25, -0.2) is 4.39 Å². The molecule has 0 heterocycles. The molecule has 1 aromatic carbocycles. The maximum absolute atomic E-state index is 13.4. The minimum Gasteiger partial charge on any atom is -0.494 e. The number of ether oxygens (including phenoxy) is 1. The largest absolute Gasteiger partial charge is 0.494 e. The molecule has 3 nitrogen and oxygen atoms in total. The molecule has 1 atom stereocenters. The maximum Gasteiger partial charge on any atom is 0.165 e. The Morgan fingerprint density at radius 3 is 2.82 bits per heavy atom. The molecular weight excluding hydrogens is 219 g/mol. The molecule has 0 fully saturated rings.